The number of anilines is 3. The van der Waals surface area contributed by atoms with E-state index >= 15 is 0 Å². The van der Waals surface area contributed by atoms with E-state index in [0.29, 0.717) is 6.42 Å². The number of para-hydroxylation sites is 2. The fraction of sp³-hybridized carbons (Fsp3) is 0.250. The summed E-state index contributed by atoms with van der Waals surface area (Å²) in [7, 11) is 5.73. The first-order chi connectivity index (χ1) is 16.0. The maximum atomic E-state index is 13.6. The molecule has 3 atom stereocenters. The molecule has 1 aliphatic heterocycles. The van der Waals surface area contributed by atoms with Crippen molar-refractivity contribution in [1.82, 2.24) is 0 Å². The van der Waals surface area contributed by atoms with Crippen LogP contribution in [0.15, 0.2) is 84.6 Å². The number of benzene rings is 3. The molecular formula is C28H29N3O2. The summed E-state index contributed by atoms with van der Waals surface area (Å²) < 4.78 is 5.30. The van der Waals surface area contributed by atoms with Crippen molar-refractivity contribution >= 4 is 22.8 Å². The van der Waals surface area contributed by atoms with Gasteiger partial charge in [0.1, 0.15) is 11.5 Å². The van der Waals surface area contributed by atoms with Gasteiger partial charge in [-0.3, -0.25) is 4.79 Å². The van der Waals surface area contributed by atoms with Gasteiger partial charge in [0.15, 0.2) is 0 Å². The molecule has 3 aromatic rings. The third-order valence-electron chi connectivity index (χ3n) is 6.65. The van der Waals surface area contributed by atoms with E-state index in [0.717, 1.165) is 39.6 Å². The number of fused-ring (bicyclic) bond motifs is 2. The Morgan fingerprint density at radius 3 is 2.21 bits per heavy atom. The molecule has 0 fully saturated rings. The Morgan fingerprint density at radius 1 is 0.879 bits per heavy atom. The van der Waals surface area contributed by atoms with E-state index in [1.54, 1.807) is 7.11 Å². The van der Waals surface area contributed by atoms with Gasteiger partial charge in [0.25, 0.3) is 0 Å². The lowest BCUT2D eigenvalue weighted by atomic mass is 9.76. The summed E-state index contributed by atoms with van der Waals surface area (Å²) in [6.45, 7) is 0. The SMILES string of the molecule is COc1ccc(C2C=C3Nc4ccccc4NC(c4ccc(N(C)C)cc4)C3C(=O)C2)cc1. The average Bonchev–Trinajstić information content (AvgIpc) is 3.01. The zero-order chi connectivity index (χ0) is 22.9. The fourth-order valence-corrected chi connectivity index (χ4v) is 4.83. The Bertz CT molecular complexity index is 1180. The van der Waals surface area contributed by atoms with Crippen LogP contribution >= 0.6 is 0 Å². The first-order valence-corrected chi connectivity index (χ1v) is 11.3. The van der Waals surface area contributed by atoms with Gasteiger partial charge < -0.3 is 20.3 Å². The number of ether oxygens (including phenoxy) is 1. The Kier molecular flexibility index (Phi) is 5.55. The predicted molar refractivity (Wildman–Crippen MR) is 134 cm³/mol. The van der Waals surface area contributed by atoms with E-state index in [4.69, 9.17) is 4.74 Å². The number of ketones is 1. The van der Waals surface area contributed by atoms with Crippen LogP contribution in [0.1, 0.15) is 29.5 Å². The van der Waals surface area contributed by atoms with Crippen molar-refractivity contribution in [1.29, 1.82) is 0 Å². The first kappa shape index (κ1) is 21.1. The maximum absolute atomic E-state index is 13.6. The summed E-state index contributed by atoms with van der Waals surface area (Å²) in [5.74, 6) is 0.808. The molecule has 2 aliphatic rings. The number of carbonyl (C=O) groups is 1. The number of nitrogens with one attached hydrogen (secondary N) is 2. The lowest BCUT2D eigenvalue weighted by molar-refractivity contribution is -0.122. The molecule has 5 nitrogen and oxygen atoms in total. The van der Waals surface area contributed by atoms with Gasteiger partial charge in [-0.05, 0) is 47.5 Å². The molecule has 5 rings (SSSR count). The van der Waals surface area contributed by atoms with Crippen molar-refractivity contribution in [3.8, 4) is 5.75 Å². The van der Waals surface area contributed by atoms with Gasteiger partial charge >= 0.3 is 0 Å². The largest absolute Gasteiger partial charge is 0.497 e. The van der Waals surface area contributed by atoms with Gasteiger partial charge in [0.05, 0.1) is 30.4 Å². The highest BCUT2D eigenvalue weighted by molar-refractivity contribution is 5.90. The topological polar surface area (TPSA) is 53.6 Å². The number of Topliss-reactive ketones (excluding diaryl/α,β-unsaturated/α-hetero) is 1. The highest BCUT2D eigenvalue weighted by atomic mass is 16.5. The van der Waals surface area contributed by atoms with Gasteiger partial charge in [-0.25, -0.2) is 0 Å². The molecule has 0 aromatic heterocycles. The van der Waals surface area contributed by atoms with E-state index in [-0.39, 0.29) is 23.7 Å². The Morgan fingerprint density at radius 2 is 1.55 bits per heavy atom. The van der Waals surface area contributed by atoms with Gasteiger partial charge in [0.2, 0.25) is 0 Å². The lowest BCUT2D eigenvalue weighted by Crippen LogP contribution is -2.33. The van der Waals surface area contributed by atoms with Gasteiger partial charge in [0, 0.05) is 37.8 Å². The number of nitrogens with zero attached hydrogens (tertiary/aromatic N) is 1. The highest BCUT2D eigenvalue weighted by Gasteiger charge is 2.39. The Labute approximate surface area is 195 Å². The summed E-state index contributed by atoms with van der Waals surface area (Å²) in [6, 6.07) is 24.5. The Hall–Kier alpha value is -3.73. The number of allylic oxidation sites excluding steroid dienone is 1. The van der Waals surface area contributed by atoms with E-state index in [9.17, 15) is 4.79 Å². The monoisotopic (exact) mass is 439 g/mol. The number of hydrogen-bond donors (Lipinski definition) is 2. The van der Waals surface area contributed by atoms with Crippen LogP contribution in [0.3, 0.4) is 0 Å². The lowest BCUT2D eigenvalue weighted by Gasteiger charge is -2.32. The molecule has 0 amide bonds. The quantitative estimate of drug-likeness (QED) is 0.554. The second-order valence-electron chi connectivity index (χ2n) is 8.93. The van der Waals surface area contributed by atoms with Gasteiger partial charge in [-0.2, -0.15) is 0 Å². The molecule has 0 saturated carbocycles. The van der Waals surface area contributed by atoms with Crippen LogP contribution in [0.4, 0.5) is 17.1 Å². The van der Waals surface area contributed by atoms with Gasteiger partial charge in [-0.15, -0.1) is 0 Å². The van der Waals surface area contributed by atoms with Crippen molar-refractivity contribution in [3.63, 3.8) is 0 Å². The minimum Gasteiger partial charge on any atom is -0.497 e. The van der Waals surface area contributed by atoms with Crippen LogP contribution in [0.2, 0.25) is 0 Å². The standard InChI is InChI=1S/C28H29N3O2/c1-31(2)21-12-8-19(9-13-21)28-27-25(29-23-6-4-5-7-24(23)30-28)16-20(17-26(27)32)18-10-14-22(33-3)15-11-18/h4-16,20,27-30H,17H2,1-3H3. The van der Waals surface area contributed by atoms with Crippen molar-refractivity contribution in [2.24, 2.45) is 5.92 Å². The van der Waals surface area contributed by atoms with Crippen molar-refractivity contribution in [2.75, 3.05) is 36.7 Å². The van der Waals surface area contributed by atoms with Crippen LogP contribution in [0, 0.1) is 5.92 Å². The molecule has 0 radical (unpaired) electrons. The zero-order valence-electron chi connectivity index (χ0n) is 19.2. The van der Waals surface area contributed by atoms with Crippen LogP contribution in [0.5, 0.6) is 5.75 Å². The summed E-state index contributed by atoms with van der Waals surface area (Å²) in [5.41, 5.74) is 6.32. The zero-order valence-corrected chi connectivity index (χ0v) is 19.2. The van der Waals surface area contributed by atoms with E-state index in [2.05, 4.69) is 70.1 Å². The summed E-state index contributed by atoms with van der Waals surface area (Å²) in [5, 5.41) is 7.26. The van der Waals surface area contributed by atoms with Crippen molar-refractivity contribution < 1.29 is 9.53 Å². The number of rotatable bonds is 4. The normalized spacial score (nSPS) is 21.5. The molecule has 1 aliphatic carbocycles. The van der Waals surface area contributed by atoms with E-state index in [1.165, 1.54) is 0 Å². The molecule has 168 valence electrons. The summed E-state index contributed by atoms with van der Waals surface area (Å²) in [4.78, 5) is 15.7. The molecule has 0 bridgehead atoms. The summed E-state index contributed by atoms with van der Waals surface area (Å²) >= 11 is 0. The first-order valence-electron chi connectivity index (χ1n) is 11.3. The van der Waals surface area contributed by atoms with Crippen LogP contribution in [-0.4, -0.2) is 27.0 Å². The predicted octanol–water partition coefficient (Wildman–Crippen LogP) is 5.60. The van der Waals surface area contributed by atoms with Crippen molar-refractivity contribution in [2.45, 2.75) is 18.4 Å². The highest BCUT2D eigenvalue weighted by Crippen LogP contribution is 2.44. The second-order valence-corrected chi connectivity index (χ2v) is 8.93. The third-order valence-corrected chi connectivity index (χ3v) is 6.65. The van der Waals surface area contributed by atoms with Crippen molar-refractivity contribution in [3.05, 3.63) is 95.7 Å². The third kappa shape index (κ3) is 4.07. The smallest absolute Gasteiger partial charge is 0.145 e. The molecule has 3 unspecified atom stereocenters. The second kappa shape index (κ2) is 8.66. The molecule has 1 heterocycles. The van der Waals surface area contributed by atoms with Gasteiger partial charge in [-0.1, -0.05) is 42.5 Å². The molecule has 2 N–H and O–H groups in total. The molecule has 0 spiro atoms. The minimum absolute atomic E-state index is 0.0317. The maximum Gasteiger partial charge on any atom is 0.145 e. The van der Waals surface area contributed by atoms with Crippen LogP contribution in [0.25, 0.3) is 0 Å². The number of carbonyl (C=O) groups excluding carboxylic acids is 1. The van der Waals surface area contributed by atoms with Crippen LogP contribution < -0.4 is 20.3 Å². The molecule has 0 saturated heterocycles. The molecule has 3 aromatic carbocycles. The number of methoxy groups -OCH3 is 1. The van der Waals surface area contributed by atoms with E-state index in [1.807, 2.05) is 38.4 Å². The fourth-order valence-electron chi connectivity index (χ4n) is 4.83. The number of hydrogen-bond acceptors (Lipinski definition) is 5. The van der Waals surface area contributed by atoms with Crippen LogP contribution in [-0.2, 0) is 4.79 Å². The van der Waals surface area contributed by atoms with E-state index < -0.39 is 0 Å². The Balaban J connectivity index is 1.56. The average molecular weight is 440 g/mol. The molecular weight excluding hydrogens is 410 g/mol. The molecule has 33 heavy (non-hydrogen) atoms. The summed E-state index contributed by atoms with van der Waals surface area (Å²) in [6.07, 6.45) is 2.71. The minimum atomic E-state index is -0.280. The molecule has 5 heteroatoms.